The predicted octanol–water partition coefficient (Wildman–Crippen LogP) is 3.12. The van der Waals surface area contributed by atoms with E-state index in [1.807, 2.05) is 30.3 Å². The Balaban J connectivity index is 2.04. The summed E-state index contributed by atoms with van der Waals surface area (Å²) in [7, 11) is 1.59. The van der Waals surface area contributed by atoms with Crippen LogP contribution in [0.25, 0.3) is 0 Å². The minimum atomic E-state index is -0.361. The van der Waals surface area contributed by atoms with Gasteiger partial charge in [-0.3, -0.25) is 0 Å². The Bertz CT molecular complexity index is 1110. The average molecular weight is 360 g/mol. The van der Waals surface area contributed by atoms with E-state index >= 15 is 0 Å². The molecule has 2 heterocycles. The summed E-state index contributed by atoms with van der Waals surface area (Å²) in [5.41, 5.74) is 14.7. The first-order chi connectivity index (χ1) is 13.0. The van der Waals surface area contributed by atoms with Crippen LogP contribution in [0.3, 0.4) is 0 Å². The van der Waals surface area contributed by atoms with Crippen LogP contribution in [0, 0.1) is 11.3 Å². The number of benzene rings is 2. The molecule has 1 atom stereocenters. The second kappa shape index (κ2) is 6.11. The lowest BCUT2D eigenvalue weighted by Crippen LogP contribution is -2.17. The van der Waals surface area contributed by atoms with Gasteiger partial charge in [-0.25, -0.2) is 0 Å². The summed E-state index contributed by atoms with van der Waals surface area (Å²) in [6.45, 7) is 0. The van der Waals surface area contributed by atoms with Crippen molar-refractivity contribution in [3.05, 3.63) is 64.7 Å². The zero-order valence-corrected chi connectivity index (χ0v) is 14.4. The van der Waals surface area contributed by atoms with E-state index in [-0.39, 0.29) is 34.6 Å². The van der Waals surface area contributed by atoms with Gasteiger partial charge in [0.25, 0.3) is 0 Å². The standard InChI is InChI=1S/C20H16N4O3/c1-26-12-4-2-3-10(7-12)16-13-6-5-11(25)8-15(13)27-20-17(16)18(22)14(9-21)19(23)24-20/h2-8,16,25H,1H3,(H4,22,23,24)/t16-/m0/s1. The summed E-state index contributed by atoms with van der Waals surface area (Å²) in [5.74, 6) is 1.06. The Morgan fingerprint density at radius 3 is 2.78 bits per heavy atom. The zero-order valence-electron chi connectivity index (χ0n) is 14.4. The van der Waals surface area contributed by atoms with Gasteiger partial charge in [0.2, 0.25) is 5.88 Å². The normalized spacial score (nSPS) is 14.4. The van der Waals surface area contributed by atoms with Crippen molar-refractivity contribution in [1.82, 2.24) is 4.98 Å². The van der Waals surface area contributed by atoms with Crippen LogP contribution >= 0.6 is 0 Å². The molecule has 1 aromatic heterocycles. The van der Waals surface area contributed by atoms with Gasteiger partial charge in [0.15, 0.2) is 0 Å². The van der Waals surface area contributed by atoms with Crippen molar-refractivity contribution in [1.29, 1.82) is 5.26 Å². The van der Waals surface area contributed by atoms with Gasteiger partial charge in [-0.05, 0) is 23.8 Å². The molecule has 4 rings (SSSR count). The van der Waals surface area contributed by atoms with Crippen molar-refractivity contribution in [2.75, 3.05) is 18.6 Å². The zero-order chi connectivity index (χ0) is 19.1. The highest BCUT2D eigenvalue weighted by molar-refractivity contribution is 5.75. The second-order valence-electron chi connectivity index (χ2n) is 6.15. The van der Waals surface area contributed by atoms with Crippen LogP contribution in [-0.4, -0.2) is 17.2 Å². The summed E-state index contributed by atoms with van der Waals surface area (Å²) in [6.07, 6.45) is 0. The lowest BCUT2D eigenvalue weighted by atomic mass is 9.82. The smallest absolute Gasteiger partial charge is 0.227 e. The van der Waals surface area contributed by atoms with Crippen LogP contribution in [0.1, 0.15) is 28.2 Å². The number of aromatic hydroxyl groups is 1. The summed E-state index contributed by atoms with van der Waals surface area (Å²) >= 11 is 0. The summed E-state index contributed by atoms with van der Waals surface area (Å²) in [5, 5.41) is 19.3. The minimum Gasteiger partial charge on any atom is -0.508 e. The van der Waals surface area contributed by atoms with Gasteiger partial charge in [-0.15, -0.1) is 0 Å². The Hall–Kier alpha value is -3.92. The van der Waals surface area contributed by atoms with Gasteiger partial charge in [-0.1, -0.05) is 18.2 Å². The molecule has 27 heavy (non-hydrogen) atoms. The highest BCUT2D eigenvalue weighted by Crippen LogP contribution is 2.51. The Kier molecular flexibility index (Phi) is 3.74. The number of rotatable bonds is 2. The minimum absolute atomic E-state index is 0.00162. The van der Waals surface area contributed by atoms with Crippen molar-refractivity contribution in [2.24, 2.45) is 0 Å². The number of phenolic OH excluding ortho intramolecular Hbond substituents is 1. The van der Waals surface area contributed by atoms with E-state index in [4.69, 9.17) is 20.9 Å². The largest absolute Gasteiger partial charge is 0.508 e. The van der Waals surface area contributed by atoms with Gasteiger partial charge in [0.1, 0.15) is 34.7 Å². The molecule has 0 saturated heterocycles. The first-order valence-corrected chi connectivity index (χ1v) is 8.17. The van der Waals surface area contributed by atoms with Crippen LogP contribution in [0.2, 0.25) is 0 Å². The highest BCUT2D eigenvalue weighted by atomic mass is 16.5. The number of anilines is 2. The molecule has 0 fully saturated rings. The quantitative estimate of drug-likeness (QED) is 0.501. The topological polar surface area (TPSA) is 127 Å². The number of phenols is 1. The number of fused-ring (bicyclic) bond motifs is 2. The van der Waals surface area contributed by atoms with Crippen LogP contribution in [-0.2, 0) is 0 Å². The third-order valence-electron chi connectivity index (χ3n) is 4.61. The van der Waals surface area contributed by atoms with Crippen LogP contribution in [0.4, 0.5) is 11.5 Å². The SMILES string of the molecule is COc1cccc([C@H]2c3ccc(O)cc3Oc3nc(N)c(C#N)c(N)c32)c1. The number of nitriles is 1. The maximum absolute atomic E-state index is 9.85. The van der Waals surface area contributed by atoms with Gasteiger partial charge in [0.05, 0.1) is 18.4 Å². The number of methoxy groups -OCH3 is 1. The molecule has 0 saturated carbocycles. The maximum atomic E-state index is 9.85. The van der Waals surface area contributed by atoms with Crippen molar-refractivity contribution in [2.45, 2.75) is 5.92 Å². The first kappa shape index (κ1) is 16.5. The van der Waals surface area contributed by atoms with Gasteiger partial charge >= 0.3 is 0 Å². The van der Waals surface area contributed by atoms with Gasteiger partial charge in [0, 0.05) is 17.5 Å². The molecule has 1 aliphatic rings. The third-order valence-corrected chi connectivity index (χ3v) is 4.61. The van der Waals surface area contributed by atoms with Gasteiger partial charge < -0.3 is 26.0 Å². The van der Waals surface area contributed by atoms with E-state index < -0.39 is 0 Å². The van der Waals surface area contributed by atoms with Crippen molar-refractivity contribution < 1.29 is 14.6 Å². The maximum Gasteiger partial charge on any atom is 0.227 e. The molecular weight excluding hydrogens is 344 g/mol. The van der Waals surface area contributed by atoms with E-state index in [0.717, 1.165) is 11.1 Å². The molecule has 0 amide bonds. The van der Waals surface area contributed by atoms with Crippen LogP contribution in [0.15, 0.2) is 42.5 Å². The molecular formula is C20H16N4O3. The number of nitrogens with zero attached hydrogens (tertiary/aromatic N) is 2. The molecule has 7 heteroatoms. The van der Waals surface area contributed by atoms with E-state index in [1.165, 1.54) is 6.07 Å². The fourth-order valence-corrected chi connectivity index (χ4v) is 3.36. The van der Waals surface area contributed by atoms with Crippen molar-refractivity contribution in [3.8, 4) is 29.2 Å². The molecule has 0 radical (unpaired) electrons. The van der Waals surface area contributed by atoms with E-state index in [0.29, 0.717) is 17.1 Å². The van der Waals surface area contributed by atoms with Crippen molar-refractivity contribution >= 4 is 11.5 Å². The Morgan fingerprint density at radius 1 is 1.22 bits per heavy atom. The molecule has 134 valence electrons. The van der Waals surface area contributed by atoms with E-state index in [1.54, 1.807) is 19.2 Å². The molecule has 2 aromatic carbocycles. The summed E-state index contributed by atoms with van der Waals surface area (Å²) < 4.78 is 11.2. The van der Waals surface area contributed by atoms with E-state index in [9.17, 15) is 10.4 Å². The fourth-order valence-electron chi connectivity index (χ4n) is 3.36. The highest BCUT2D eigenvalue weighted by Gasteiger charge is 2.34. The van der Waals surface area contributed by atoms with Crippen molar-refractivity contribution in [3.63, 3.8) is 0 Å². The van der Waals surface area contributed by atoms with Crippen LogP contribution < -0.4 is 20.9 Å². The molecule has 1 aliphatic heterocycles. The molecule has 0 unspecified atom stereocenters. The molecule has 3 aromatic rings. The average Bonchev–Trinajstić information content (AvgIpc) is 2.66. The fraction of sp³-hybridized carbons (Fsp3) is 0.100. The van der Waals surface area contributed by atoms with Crippen LogP contribution in [0.5, 0.6) is 23.1 Å². The molecule has 0 aliphatic carbocycles. The molecule has 5 N–H and O–H groups in total. The lowest BCUT2D eigenvalue weighted by molar-refractivity contribution is 0.412. The molecule has 7 nitrogen and oxygen atoms in total. The van der Waals surface area contributed by atoms with Gasteiger partial charge in [-0.2, -0.15) is 10.2 Å². The Morgan fingerprint density at radius 2 is 2.04 bits per heavy atom. The summed E-state index contributed by atoms with van der Waals surface area (Å²) in [4.78, 5) is 4.23. The Labute approximate surface area is 155 Å². The second-order valence-corrected chi connectivity index (χ2v) is 6.15. The predicted molar refractivity (Wildman–Crippen MR) is 99.9 cm³/mol. The summed E-state index contributed by atoms with van der Waals surface area (Å²) in [6, 6.07) is 14.4. The number of pyridine rings is 1. The number of ether oxygens (including phenoxy) is 2. The third kappa shape index (κ3) is 2.55. The number of hydrogen-bond donors (Lipinski definition) is 3. The number of nitrogen functional groups attached to an aromatic ring is 2. The number of aromatic nitrogens is 1. The number of hydrogen-bond acceptors (Lipinski definition) is 7. The molecule has 0 spiro atoms. The monoisotopic (exact) mass is 360 g/mol. The van der Waals surface area contributed by atoms with E-state index in [2.05, 4.69) is 4.98 Å². The lowest BCUT2D eigenvalue weighted by Gasteiger charge is -2.29. The number of nitrogens with two attached hydrogens (primary N) is 2. The molecule has 0 bridgehead atoms. The first-order valence-electron chi connectivity index (χ1n) is 8.17.